The van der Waals surface area contributed by atoms with Gasteiger partial charge < -0.3 is 15.1 Å². The number of nitrogens with one attached hydrogen (secondary N) is 1. The molecule has 0 bridgehead atoms. The lowest BCUT2D eigenvalue weighted by Crippen LogP contribution is -2.34. The van der Waals surface area contributed by atoms with Gasteiger partial charge in [0.2, 0.25) is 5.91 Å². The van der Waals surface area contributed by atoms with Gasteiger partial charge >= 0.3 is 0 Å². The van der Waals surface area contributed by atoms with Crippen LogP contribution in [0.4, 0.5) is 15.8 Å². The second kappa shape index (κ2) is 9.28. The molecule has 0 spiro atoms. The van der Waals surface area contributed by atoms with Crippen molar-refractivity contribution in [3.63, 3.8) is 0 Å². The third-order valence-electron chi connectivity index (χ3n) is 5.08. The molecule has 5 nitrogen and oxygen atoms in total. The van der Waals surface area contributed by atoms with Crippen molar-refractivity contribution in [2.24, 2.45) is 11.8 Å². The fraction of sp³-hybridized carbons (Fsp3) is 0.417. The summed E-state index contributed by atoms with van der Waals surface area (Å²) in [6.45, 7) is 5.01. The number of rotatable bonds is 8. The van der Waals surface area contributed by atoms with Gasteiger partial charge in [-0.15, -0.1) is 0 Å². The highest BCUT2D eigenvalue weighted by Crippen LogP contribution is 2.31. The Morgan fingerprint density at radius 3 is 2.47 bits per heavy atom. The fourth-order valence-electron chi connectivity index (χ4n) is 3.49. The molecule has 0 saturated heterocycles. The summed E-state index contributed by atoms with van der Waals surface area (Å²) in [6, 6.07) is 11.6. The quantitative estimate of drug-likeness (QED) is 0.694. The van der Waals surface area contributed by atoms with Gasteiger partial charge in [0.15, 0.2) is 0 Å². The lowest BCUT2D eigenvalue weighted by atomic mass is 10.1. The summed E-state index contributed by atoms with van der Waals surface area (Å²) in [4.78, 5) is 29.1. The van der Waals surface area contributed by atoms with E-state index in [1.807, 2.05) is 51.0 Å². The van der Waals surface area contributed by atoms with Crippen LogP contribution in [0.5, 0.6) is 0 Å². The first-order valence-corrected chi connectivity index (χ1v) is 10.4. The molecular weight excluding hydrogens is 381 g/mol. The maximum absolute atomic E-state index is 13.7. The smallest absolute Gasteiger partial charge is 0.254 e. The predicted octanol–water partition coefficient (Wildman–Crippen LogP) is 4.54. The molecule has 1 aliphatic carbocycles. The molecule has 0 atom stereocenters. The largest absolute Gasteiger partial charge is 0.377 e. The number of benzene rings is 2. The minimum atomic E-state index is -0.427. The summed E-state index contributed by atoms with van der Waals surface area (Å²) < 4.78 is 13.7. The van der Waals surface area contributed by atoms with Crippen LogP contribution in [0.25, 0.3) is 0 Å². The summed E-state index contributed by atoms with van der Waals surface area (Å²) in [5, 5.41) is 2.98. The Hall–Kier alpha value is -2.89. The van der Waals surface area contributed by atoms with Crippen LogP contribution in [0, 0.1) is 17.7 Å². The van der Waals surface area contributed by atoms with Gasteiger partial charge in [-0.3, -0.25) is 9.59 Å². The summed E-state index contributed by atoms with van der Waals surface area (Å²) in [7, 11) is 3.89. The Balaban J connectivity index is 1.89. The van der Waals surface area contributed by atoms with E-state index in [9.17, 15) is 14.0 Å². The molecular formula is C24H30FN3O2. The van der Waals surface area contributed by atoms with Crippen LogP contribution < -0.4 is 10.2 Å². The van der Waals surface area contributed by atoms with Crippen molar-refractivity contribution in [2.45, 2.75) is 33.2 Å². The molecule has 0 heterocycles. The number of hydrogen-bond donors (Lipinski definition) is 1. The first kappa shape index (κ1) is 21.8. The van der Waals surface area contributed by atoms with Crippen LogP contribution in [0.2, 0.25) is 0 Å². The molecule has 0 unspecified atom stereocenters. The van der Waals surface area contributed by atoms with Crippen LogP contribution >= 0.6 is 0 Å². The van der Waals surface area contributed by atoms with E-state index in [-0.39, 0.29) is 23.7 Å². The van der Waals surface area contributed by atoms with Crippen LogP contribution in [-0.4, -0.2) is 37.4 Å². The number of anilines is 2. The highest BCUT2D eigenvalue weighted by Gasteiger charge is 2.29. The van der Waals surface area contributed by atoms with E-state index in [0.29, 0.717) is 18.7 Å². The monoisotopic (exact) mass is 411 g/mol. The Labute approximate surface area is 177 Å². The van der Waals surface area contributed by atoms with Gasteiger partial charge in [-0.05, 0) is 60.7 Å². The molecule has 1 aliphatic rings. The molecule has 2 aromatic rings. The number of carbonyl (C=O) groups excluding carboxylic acids is 2. The van der Waals surface area contributed by atoms with Crippen molar-refractivity contribution in [2.75, 3.05) is 30.9 Å². The minimum Gasteiger partial charge on any atom is -0.377 e. The molecule has 0 aliphatic heterocycles. The number of nitrogens with zero attached hydrogens (tertiary/aromatic N) is 2. The molecule has 0 radical (unpaired) electrons. The number of carbonyl (C=O) groups is 2. The van der Waals surface area contributed by atoms with Crippen molar-refractivity contribution >= 4 is 23.2 Å². The zero-order valence-corrected chi connectivity index (χ0v) is 18.1. The predicted molar refractivity (Wildman–Crippen MR) is 118 cm³/mol. The Morgan fingerprint density at radius 2 is 1.87 bits per heavy atom. The van der Waals surface area contributed by atoms with E-state index in [1.54, 1.807) is 17.0 Å². The van der Waals surface area contributed by atoms with Crippen molar-refractivity contribution in [3.05, 3.63) is 59.4 Å². The number of amides is 2. The topological polar surface area (TPSA) is 52.7 Å². The van der Waals surface area contributed by atoms with Crippen molar-refractivity contribution in [3.8, 4) is 0 Å². The van der Waals surface area contributed by atoms with E-state index in [4.69, 9.17) is 0 Å². The highest BCUT2D eigenvalue weighted by atomic mass is 19.1. The van der Waals surface area contributed by atoms with E-state index in [1.165, 1.54) is 12.1 Å². The second-order valence-corrected chi connectivity index (χ2v) is 8.59. The fourth-order valence-corrected chi connectivity index (χ4v) is 3.49. The standard InChI is InChI=1S/C24H30FN3O2/c1-16(2)14-28(24(30)18-6-5-7-20(25)12-18)15-19-13-21(10-11-22(19)27(3)4)26-23(29)17-8-9-17/h5-7,10-13,16-17H,8-9,14-15H2,1-4H3,(H,26,29). The number of halogens is 1. The average Bonchev–Trinajstić information content (AvgIpc) is 3.52. The van der Waals surface area contributed by atoms with Gasteiger partial charge in [0, 0.05) is 50.0 Å². The van der Waals surface area contributed by atoms with Gasteiger partial charge in [-0.1, -0.05) is 19.9 Å². The number of hydrogen-bond acceptors (Lipinski definition) is 3. The maximum atomic E-state index is 13.7. The van der Waals surface area contributed by atoms with Gasteiger partial charge in [0.25, 0.3) is 5.91 Å². The molecule has 160 valence electrons. The van der Waals surface area contributed by atoms with Crippen molar-refractivity contribution in [1.29, 1.82) is 0 Å². The van der Waals surface area contributed by atoms with Gasteiger partial charge in [-0.25, -0.2) is 4.39 Å². The molecule has 1 saturated carbocycles. The van der Waals surface area contributed by atoms with E-state index >= 15 is 0 Å². The van der Waals surface area contributed by atoms with Crippen LogP contribution in [0.3, 0.4) is 0 Å². The zero-order valence-electron chi connectivity index (χ0n) is 18.1. The normalized spacial score (nSPS) is 13.3. The molecule has 1 fully saturated rings. The molecule has 3 rings (SSSR count). The molecule has 0 aromatic heterocycles. The minimum absolute atomic E-state index is 0.0495. The lowest BCUT2D eigenvalue weighted by molar-refractivity contribution is -0.117. The zero-order chi connectivity index (χ0) is 21.8. The van der Waals surface area contributed by atoms with Crippen LogP contribution in [0.1, 0.15) is 42.6 Å². The average molecular weight is 412 g/mol. The maximum Gasteiger partial charge on any atom is 0.254 e. The highest BCUT2D eigenvalue weighted by molar-refractivity contribution is 5.95. The first-order chi connectivity index (χ1) is 14.2. The summed E-state index contributed by atoms with van der Waals surface area (Å²) in [5.74, 6) is -0.213. The Kier molecular flexibility index (Phi) is 6.75. The molecule has 2 amide bonds. The summed E-state index contributed by atoms with van der Waals surface area (Å²) in [5.41, 5.74) is 2.97. The van der Waals surface area contributed by atoms with Crippen LogP contribution in [0.15, 0.2) is 42.5 Å². The lowest BCUT2D eigenvalue weighted by Gasteiger charge is -2.28. The van der Waals surface area contributed by atoms with E-state index in [0.717, 1.165) is 29.8 Å². The SMILES string of the molecule is CC(C)CN(Cc1cc(NC(=O)C2CC2)ccc1N(C)C)C(=O)c1cccc(F)c1. The first-order valence-electron chi connectivity index (χ1n) is 10.4. The molecule has 1 N–H and O–H groups in total. The Morgan fingerprint density at radius 1 is 1.13 bits per heavy atom. The Bertz CT molecular complexity index is 922. The molecule has 6 heteroatoms. The van der Waals surface area contributed by atoms with E-state index in [2.05, 4.69) is 5.32 Å². The van der Waals surface area contributed by atoms with Crippen molar-refractivity contribution < 1.29 is 14.0 Å². The van der Waals surface area contributed by atoms with Crippen LogP contribution in [-0.2, 0) is 11.3 Å². The second-order valence-electron chi connectivity index (χ2n) is 8.59. The van der Waals surface area contributed by atoms with Gasteiger partial charge in [-0.2, -0.15) is 0 Å². The van der Waals surface area contributed by atoms with Crippen molar-refractivity contribution in [1.82, 2.24) is 4.90 Å². The van der Waals surface area contributed by atoms with Gasteiger partial charge in [0.1, 0.15) is 5.82 Å². The third kappa shape index (κ3) is 5.59. The van der Waals surface area contributed by atoms with Gasteiger partial charge in [0.05, 0.1) is 0 Å². The molecule has 30 heavy (non-hydrogen) atoms. The summed E-state index contributed by atoms with van der Waals surface area (Å²) in [6.07, 6.45) is 1.89. The molecule has 2 aromatic carbocycles. The van der Waals surface area contributed by atoms with E-state index < -0.39 is 5.82 Å². The third-order valence-corrected chi connectivity index (χ3v) is 5.08. The summed E-state index contributed by atoms with van der Waals surface area (Å²) >= 11 is 0.